The lowest BCUT2D eigenvalue weighted by molar-refractivity contribution is -0.135. The van der Waals surface area contributed by atoms with Gasteiger partial charge in [-0.05, 0) is 0 Å². The molecular weight excluding hydrogens is 307 g/mol. The molecule has 0 aliphatic rings. The second-order valence-electron chi connectivity index (χ2n) is 2.37. The third kappa shape index (κ3) is 9.57. The fourth-order valence-corrected chi connectivity index (χ4v) is 3.63. The predicted octanol–water partition coefficient (Wildman–Crippen LogP) is -1.01. The number of hydrogen-bond donors (Lipinski definition) is 6. The summed E-state index contributed by atoms with van der Waals surface area (Å²) in [6.07, 6.45) is 0. The Labute approximate surface area is 93.6 Å². The zero-order chi connectivity index (χ0) is 13.9. The number of hydrogen-bond acceptors (Lipinski definition) is 6. The molecule has 102 valence electrons. The van der Waals surface area contributed by atoms with Crippen LogP contribution in [0.5, 0.6) is 0 Å². The number of carbonyl (C=O) groups is 1. The largest absolute Gasteiger partial charge is 0.489 e. The average molecular weight is 315 g/mol. The van der Waals surface area contributed by atoms with E-state index in [1.807, 2.05) is 0 Å². The molecule has 0 aliphatic heterocycles. The van der Waals surface area contributed by atoms with Gasteiger partial charge in [0.1, 0.15) is 6.54 Å². The van der Waals surface area contributed by atoms with Gasteiger partial charge in [-0.3, -0.25) is 4.79 Å². The van der Waals surface area contributed by atoms with Crippen molar-refractivity contribution in [3.8, 4) is 0 Å². The molecule has 2 atom stereocenters. The van der Waals surface area contributed by atoms with Crippen molar-refractivity contribution < 1.29 is 51.8 Å². The van der Waals surface area contributed by atoms with Gasteiger partial charge < -0.3 is 24.7 Å². The second kappa shape index (κ2) is 5.68. The predicted molar refractivity (Wildman–Crippen MR) is 49.5 cm³/mol. The highest BCUT2D eigenvalue weighted by Crippen LogP contribution is 2.64. The Morgan fingerprint density at radius 2 is 1.53 bits per heavy atom. The van der Waals surface area contributed by atoms with Gasteiger partial charge in [0.05, 0.1) is 0 Å². The monoisotopic (exact) mass is 315 g/mol. The van der Waals surface area contributed by atoms with Crippen LogP contribution in [0.3, 0.4) is 0 Å². The molecule has 0 fully saturated rings. The summed E-state index contributed by atoms with van der Waals surface area (Å²) in [5, 5.41) is 9.45. The third-order valence-electron chi connectivity index (χ3n) is 0.853. The molecule has 0 spiro atoms. The van der Waals surface area contributed by atoms with Gasteiger partial charge >= 0.3 is 29.4 Å². The van der Waals surface area contributed by atoms with Crippen LogP contribution in [0.1, 0.15) is 0 Å². The number of carboxylic acids is 1. The number of phosphoric acid groups is 2. The smallest absolute Gasteiger partial charge is 0.480 e. The SMILES string of the molecule is O=C(O)CNP(=O)(O)OP(=O)(O)OP(=O)(O)O. The first-order valence-electron chi connectivity index (χ1n) is 3.44. The fraction of sp³-hybridized carbons (Fsp3) is 0.500. The zero-order valence-electron chi connectivity index (χ0n) is 7.73. The standard InChI is InChI=1S/C2H8NO11P3/c4-2(5)1-3-15(6,7)13-17(11,12)14-16(8,9)10/h1H2,(H,4,5)(H,11,12)(H2,3,6,7)(H2,8,9,10). The first-order valence-corrected chi connectivity index (χ1v) is 8.04. The first kappa shape index (κ1) is 16.9. The lowest BCUT2D eigenvalue weighted by Gasteiger charge is -2.16. The van der Waals surface area contributed by atoms with E-state index in [-0.39, 0.29) is 0 Å². The molecule has 0 heterocycles. The van der Waals surface area contributed by atoms with Crippen LogP contribution in [0, 0.1) is 0 Å². The summed E-state index contributed by atoms with van der Waals surface area (Å²) in [7, 11) is -16.0. The Morgan fingerprint density at radius 3 is 1.88 bits per heavy atom. The minimum absolute atomic E-state index is 1.09. The molecule has 0 saturated heterocycles. The molecule has 0 aromatic heterocycles. The molecule has 0 aromatic carbocycles. The summed E-state index contributed by atoms with van der Waals surface area (Å²) >= 11 is 0. The van der Waals surface area contributed by atoms with E-state index in [1.165, 1.54) is 5.09 Å². The Kier molecular flexibility index (Phi) is 5.64. The van der Waals surface area contributed by atoms with Crippen LogP contribution in [0.4, 0.5) is 0 Å². The molecule has 2 unspecified atom stereocenters. The van der Waals surface area contributed by atoms with Crippen LogP contribution in [0.25, 0.3) is 0 Å². The molecule has 0 aliphatic carbocycles. The molecule has 0 rings (SSSR count). The van der Waals surface area contributed by atoms with Crippen molar-refractivity contribution in [2.75, 3.05) is 6.54 Å². The van der Waals surface area contributed by atoms with Crippen LogP contribution >= 0.6 is 23.4 Å². The molecule has 0 saturated carbocycles. The quantitative estimate of drug-likeness (QED) is 0.313. The molecule has 0 radical (unpaired) electrons. The maximum atomic E-state index is 10.9. The Bertz CT molecular complexity index is 422. The maximum absolute atomic E-state index is 10.9. The minimum atomic E-state index is -5.53. The summed E-state index contributed by atoms with van der Waals surface area (Å²) in [4.78, 5) is 43.8. The van der Waals surface area contributed by atoms with Gasteiger partial charge in [0.2, 0.25) is 0 Å². The summed E-state index contributed by atoms with van der Waals surface area (Å²) in [6.45, 7) is -1.09. The molecule has 0 aromatic rings. The highest BCUT2D eigenvalue weighted by atomic mass is 31.3. The van der Waals surface area contributed by atoms with Gasteiger partial charge in [-0.2, -0.15) is 8.62 Å². The molecule has 15 heteroatoms. The zero-order valence-corrected chi connectivity index (χ0v) is 10.4. The van der Waals surface area contributed by atoms with Crippen molar-refractivity contribution in [2.45, 2.75) is 0 Å². The van der Waals surface area contributed by atoms with Gasteiger partial charge in [0.25, 0.3) is 0 Å². The Morgan fingerprint density at radius 1 is 1.06 bits per heavy atom. The molecule has 0 amide bonds. The third-order valence-corrected chi connectivity index (χ3v) is 4.80. The van der Waals surface area contributed by atoms with Gasteiger partial charge in [0.15, 0.2) is 0 Å². The van der Waals surface area contributed by atoms with Gasteiger partial charge in [-0.25, -0.2) is 18.8 Å². The molecular formula is C2H8NO11P3. The summed E-state index contributed by atoms with van der Waals surface area (Å²) in [5.41, 5.74) is 0. The number of carboxylic acid groups (broad SMARTS) is 1. The van der Waals surface area contributed by atoms with Gasteiger partial charge in [0, 0.05) is 0 Å². The number of rotatable bonds is 7. The van der Waals surface area contributed by atoms with E-state index in [0.717, 1.165) is 0 Å². The number of nitrogens with one attached hydrogen (secondary N) is 1. The van der Waals surface area contributed by atoms with Crippen molar-refractivity contribution in [2.24, 2.45) is 0 Å². The average Bonchev–Trinajstić information content (AvgIpc) is 1.93. The highest BCUT2D eigenvalue weighted by molar-refractivity contribution is 7.67. The Balaban J connectivity index is 4.60. The van der Waals surface area contributed by atoms with E-state index in [1.54, 1.807) is 0 Å². The summed E-state index contributed by atoms with van der Waals surface area (Å²) in [5.74, 6) is -1.58. The van der Waals surface area contributed by atoms with Crippen LogP contribution in [-0.2, 0) is 27.1 Å². The summed E-state index contributed by atoms with van der Waals surface area (Å²) in [6, 6.07) is 0. The van der Waals surface area contributed by atoms with E-state index in [0.29, 0.717) is 0 Å². The number of aliphatic carboxylic acids is 1. The maximum Gasteiger partial charge on any atom is 0.489 e. The fourth-order valence-electron chi connectivity index (χ4n) is 0.486. The first-order chi connectivity index (χ1) is 7.33. The van der Waals surface area contributed by atoms with Gasteiger partial charge in [-0.1, -0.05) is 0 Å². The van der Waals surface area contributed by atoms with Crippen molar-refractivity contribution in [3.63, 3.8) is 0 Å². The summed E-state index contributed by atoms with van der Waals surface area (Å²) < 4.78 is 38.6. The molecule has 12 nitrogen and oxygen atoms in total. The topological polar surface area (TPSA) is 200 Å². The van der Waals surface area contributed by atoms with Crippen LogP contribution in [0.15, 0.2) is 0 Å². The molecule has 0 bridgehead atoms. The van der Waals surface area contributed by atoms with E-state index >= 15 is 0 Å². The van der Waals surface area contributed by atoms with E-state index in [9.17, 15) is 18.5 Å². The van der Waals surface area contributed by atoms with Gasteiger partial charge in [-0.15, -0.1) is 0 Å². The lowest BCUT2D eigenvalue weighted by Crippen LogP contribution is -2.20. The molecule has 6 N–H and O–H groups in total. The van der Waals surface area contributed by atoms with E-state index in [2.05, 4.69) is 8.62 Å². The van der Waals surface area contributed by atoms with Crippen molar-refractivity contribution in [1.29, 1.82) is 0 Å². The molecule has 17 heavy (non-hydrogen) atoms. The van der Waals surface area contributed by atoms with Crippen molar-refractivity contribution in [1.82, 2.24) is 5.09 Å². The van der Waals surface area contributed by atoms with Crippen LogP contribution in [0.2, 0.25) is 0 Å². The Hall–Kier alpha value is -0.120. The second-order valence-corrected chi connectivity index (χ2v) is 6.95. The lowest BCUT2D eigenvalue weighted by atomic mass is 10.7. The van der Waals surface area contributed by atoms with E-state index < -0.39 is 35.9 Å². The van der Waals surface area contributed by atoms with Crippen LogP contribution < -0.4 is 5.09 Å². The van der Waals surface area contributed by atoms with E-state index in [4.69, 9.17) is 24.7 Å². The van der Waals surface area contributed by atoms with Crippen molar-refractivity contribution >= 4 is 29.4 Å². The minimum Gasteiger partial charge on any atom is -0.480 e. The highest BCUT2D eigenvalue weighted by Gasteiger charge is 2.39. The van der Waals surface area contributed by atoms with Crippen LogP contribution in [-0.4, -0.2) is 37.2 Å². The van der Waals surface area contributed by atoms with Crippen molar-refractivity contribution in [3.05, 3.63) is 0 Å². The normalized spacial score (nSPS) is 19.3.